The first-order chi connectivity index (χ1) is 9.88. The Morgan fingerprint density at radius 1 is 1.25 bits per heavy atom. The standard InChI is InChI=1S/C16H17N3O/c1-20-9-8-18-15-10-12(6-7-17-15)16-14-5-3-2-4-13(14)11-19-16/h2-7,10H,8-9,11H2,1H3,(H,17,18). The van der Waals surface area contributed by atoms with Crippen molar-refractivity contribution in [3.63, 3.8) is 0 Å². The SMILES string of the molecule is COCCNc1cc(C2=NCc3ccccc32)ccn1. The molecule has 3 rings (SSSR count). The third-order valence-corrected chi connectivity index (χ3v) is 3.33. The summed E-state index contributed by atoms with van der Waals surface area (Å²) in [5, 5.41) is 3.24. The Kier molecular flexibility index (Phi) is 3.74. The molecule has 1 aliphatic rings. The van der Waals surface area contributed by atoms with Gasteiger partial charge in [-0.25, -0.2) is 4.98 Å². The van der Waals surface area contributed by atoms with Crippen LogP contribution in [0.5, 0.6) is 0 Å². The molecule has 1 aromatic carbocycles. The molecular weight excluding hydrogens is 250 g/mol. The van der Waals surface area contributed by atoms with E-state index >= 15 is 0 Å². The van der Waals surface area contributed by atoms with Crippen molar-refractivity contribution in [1.82, 2.24) is 4.98 Å². The first kappa shape index (κ1) is 12.8. The molecule has 102 valence electrons. The van der Waals surface area contributed by atoms with Gasteiger partial charge in [0.1, 0.15) is 5.82 Å². The molecule has 1 N–H and O–H groups in total. The molecule has 0 unspecified atom stereocenters. The Balaban J connectivity index is 1.83. The van der Waals surface area contributed by atoms with Crippen LogP contribution in [0.15, 0.2) is 47.6 Å². The van der Waals surface area contributed by atoms with Gasteiger partial charge in [0.05, 0.1) is 18.9 Å². The van der Waals surface area contributed by atoms with Crippen molar-refractivity contribution in [2.75, 3.05) is 25.6 Å². The summed E-state index contributed by atoms with van der Waals surface area (Å²) in [4.78, 5) is 8.96. The molecule has 0 saturated heterocycles. The van der Waals surface area contributed by atoms with Gasteiger partial charge in [-0.15, -0.1) is 0 Å². The second-order valence-electron chi connectivity index (χ2n) is 4.67. The number of pyridine rings is 1. The van der Waals surface area contributed by atoms with Crippen LogP contribution in [-0.4, -0.2) is 31.0 Å². The zero-order valence-corrected chi connectivity index (χ0v) is 11.5. The molecule has 0 spiro atoms. The monoisotopic (exact) mass is 267 g/mol. The Morgan fingerprint density at radius 3 is 3.05 bits per heavy atom. The van der Waals surface area contributed by atoms with E-state index in [0.29, 0.717) is 6.61 Å². The molecular formula is C16H17N3O. The first-order valence-corrected chi connectivity index (χ1v) is 6.70. The van der Waals surface area contributed by atoms with Crippen LogP contribution in [0, 0.1) is 0 Å². The number of ether oxygens (including phenoxy) is 1. The summed E-state index contributed by atoms with van der Waals surface area (Å²) in [6, 6.07) is 12.4. The predicted octanol–water partition coefficient (Wildman–Crippen LogP) is 2.49. The highest BCUT2D eigenvalue weighted by Crippen LogP contribution is 2.23. The van der Waals surface area contributed by atoms with Crippen LogP contribution in [0.2, 0.25) is 0 Å². The van der Waals surface area contributed by atoms with Crippen LogP contribution in [0.4, 0.5) is 5.82 Å². The fourth-order valence-corrected chi connectivity index (χ4v) is 2.34. The maximum Gasteiger partial charge on any atom is 0.126 e. The number of aliphatic imine (C=N–C) groups is 1. The summed E-state index contributed by atoms with van der Waals surface area (Å²) in [6.07, 6.45) is 1.81. The van der Waals surface area contributed by atoms with Gasteiger partial charge >= 0.3 is 0 Å². The fourth-order valence-electron chi connectivity index (χ4n) is 2.34. The Hall–Kier alpha value is -2.20. The topological polar surface area (TPSA) is 46.5 Å². The molecule has 4 heteroatoms. The molecule has 20 heavy (non-hydrogen) atoms. The minimum Gasteiger partial charge on any atom is -0.383 e. The van der Waals surface area contributed by atoms with E-state index in [1.54, 1.807) is 7.11 Å². The molecule has 1 aromatic heterocycles. The van der Waals surface area contributed by atoms with Crippen LogP contribution in [0.25, 0.3) is 0 Å². The predicted molar refractivity (Wildman–Crippen MR) is 80.4 cm³/mol. The number of methoxy groups -OCH3 is 1. The van der Waals surface area contributed by atoms with E-state index in [2.05, 4.69) is 39.6 Å². The summed E-state index contributed by atoms with van der Waals surface area (Å²) >= 11 is 0. The lowest BCUT2D eigenvalue weighted by Gasteiger charge is -2.08. The summed E-state index contributed by atoms with van der Waals surface area (Å²) in [6.45, 7) is 2.17. The number of nitrogens with zero attached hydrogens (tertiary/aromatic N) is 2. The van der Waals surface area contributed by atoms with Crippen molar-refractivity contribution < 1.29 is 4.74 Å². The maximum absolute atomic E-state index is 5.03. The van der Waals surface area contributed by atoms with Crippen LogP contribution >= 0.6 is 0 Å². The second-order valence-corrected chi connectivity index (χ2v) is 4.67. The number of hydrogen-bond acceptors (Lipinski definition) is 4. The molecule has 1 aliphatic heterocycles. The third kappa shape index (κ3) is 2.56. The average molecular weight is 267 g/mol. The van der Waals surface area contributed by atoms with Crippen LogP contribution < -0.4 is 5.32 Å². The highest BCUT2D eigenvalue weighted by molar-refractivity contribution is 6.15. The van der Waals surface area contributed by atoms with Gasteiger partial charge in [-0.2, -0.15) is 0 Å². The van der Waals surface area contributed by atoms with Crippen molar-refractivity contribution in [1.29, 1.82) is 0 Å². The zero-order chi connectivity index (χ0) is 13.8. The highest BCUT2D eigenvalue weighted by Gasteiger charge is 2.16. The van der Waals surface area contributed by atoms with Crippen molar-refractivity contribution in [2.24, 2.45) is 4.99 Å². The van der Waals surface area contributed by atoms with E-state index in [-0.39, 0.29) is 0 Å². The smallest absolute Gasteiger partial charge is 0.126 e. The van der Waals surface area contributed by atoms with Gasteiger partial charge in [-0.1, -0.05) is 24.3 Å². The second kappa shape index (κ2) is 5.84. The van der Waals surface area contributed by atoms with Gasteiger partial charge < -0.3 is 10.1 Å². The van der Waals surface area contributed by atoms with Crippen LogP contribution in [0.1, 0.15) is 16.7 Å². The lowest BCUT2D eigenvalue weighted by Crippen LogP contribution is -2.10. The number of aromatic nitrogens is 1. The van der Waals surface area contributed by atoms with Gasteiger partial charge in [-0.05, 0) is 17.7 Å². The molecule has 0 radical (unpaired) electrons. The lowest BCUT2D eigenvalue weighted by atomic mass is 10.0. The first-order valence-electron chi connectivity index (χ1n) is 6.70. The van der Waals surface area contributed by atoms with Crippen molar-refractivity contribution in [2.45, 2.75) is 6.54 Å². The quantitative estimate of drug-likeness (QED) is 0.847. The average Bonchev–Trinajstić information content (AvgIpc) is 2.92. The zero-order valence-electron chi connectivity index (χ0n) is 11.5. The van der Waals surface area contributed by atoms with Gasteiger partial charge in [-0.3, -0.25) is 4.99 Å². The van der Waals surface area contributed by atoms with Crippen molar-refractivity contribution in [3.05, 3.63) is 59.3 Å². The molecule has 0 aliphatic carbocycles. The van der Waals surface area contributed by atoms with Crippen molar-refractivity contribution >= 4 is 11.5 Å². The molecule has 0 fully saturated rings. The summed E-state index contributed by atoms with van der Waals surface area (Å²) in [7, 11) is 1.69. The Morgan fingerprint density at radius 2 is 2.15 bits per heavy atom. The Bertz CT molecular complexity index is 637. The number of hydrogen-bond donors (Lipinski definition) is 1. The van der Waals surface area contributed by atoms with Crippen LogP contribution in [0.3, 0.4) is 0 Å². The third-order valence-electron chi connectivity index (χ3n) is 3.33. The number of benzene rings is 1. The van der Waals surface area contributed by atoms with E-state index in [4.69, 9.17) is 4.74 Å². The molecule has 0 bridgehead atoms. The summed E-state index contributed by atoms with van der Waals surface area (Å²) < 4.78 is 5.03. The van der Waals surface area contributed by atoms with E-state index in [9.17, 15) is 0 Å². The van der Waals surface area contributed by atoms with E-state index in [1.165, 1.54) is 11.1 Å². The number of anilines is 1. The van der Waals surface area contributed by atoms with Gasteiger partial charge in [0, 0.05) is 31.0 Å². The highest BCUT2D eigenvalue weighted by atomic mass is 16.5. The minimum atomic E-state index is 0.662. The Labute approximate surface area is 118 Å². The lowest BCUT2D eigenvalue weighted by molar-refractivity contribution is 0.210. The molecule has 0 atom stereocenters. The van der Waals surface area contributed by atoms with Gasteiger partial charge in [0.2, 0.25) is 0 Å². The maximum atomic E-state index is 5.03. The van der Waals surface area contributed by atoms with Crippen LogP contribution in [-0.2, 0) is 11.3 Å². The molecule has 2 heterocycles. The number of fused-ring (bicyclic) bond motifs is 1. The van der Waals surface area contributed by atoms with Crippen molar-refractivity contribution in [3.8, 4) is 0 Å². The molecule has 2 aromatic rings. The molecule has 0 saturated carbocycles. The van der Waals surface area contributed by atoms with Gasteiger partial charge in [0.15, 0.2) is 0 Å². The molecule has 0 amide bonds. The number of nitrogens with one attached hydrogen (secondary N) is 1. The summed E-state index contributed by atoms with van der Waals surface area (Å²) in [5.74, 6) is 0.853. The van der Waals surface area contributed by atoms with E-state index in [0.717, 1.165) is 30.2 Å². The minimum absolute atomic E-state index is 0.662. The number of rotatable bonds is 5. The normalized spacial score (nSPS) is 12.9. The summed E-state index contributed by atoms with van der Waals surface area (Å²) in [5.41, 5.74) is 4.66. The van der Waals surface area contributed by atoms with E-state index < -0.39 is 0 Å². The molecule has 4 nitrogen and oxygen atoms in total. The van der Waals surface area contributed by atoms with E-state index in [1.807, 2.05) is 18.3 Å². The fraction of sp³-hybridized carbons (Fsp3) is 0.250. The largest absolute Gasteiger partial charge is 0.383 e. The van der Waals surface area contributed by atoms with Gasteiger partial charge in [0.25, 0.3) is 0 Å².